The van der Waals surface area contributed by atoms with E-state index in [2.05, 4.69) is 41.9 Å². The molecule has 1 unspecified atom stereocenters. The van der Waals surface area contributed by atoms with E-state index >= 15 is 0 Å². The van der Waals surface area contributed by atoms with Crippen LogP contribution in [-0.4, -0.2) is 16.0 Å². The van der Waals surface area contributed by atoms with Crippen LogP contribution in [0.15, 0.2) is 35.5 Å². The first-order valence-electron chi connectivity index (χ1n) is 9.44. The van der Waals surface area contributed by atoms with E-state index in [1.165, 1.54) is 11.1 Å². The summed E-state index contributed by atoms with van der Waals surface area (Å²) in [5.41, 5.74) is 5.96. The van der Waals surface area contributed by atoms with Gasteiger partial charge in [0.2, 0.25) is 0 Å². The summed E-state index contributed by atoms with van der Waals surface area (Å²) >= 11 is 0. The number of Topliss-reactive ketones (excluding diaryl/α,β-unsaturated/α-hetero) is 1. The number of hydrogen-bond acceptors (Lipinski definition) is 3. The zero-order valence-corrected chi connectivity index (χ0v) is 15.8. The van der Waals surface area contributed by atoms with E-state index in [-0.39, 0.29) is 11.2 Å². The highest BCUT2D eigenvalue weighted by Crippen LogP contribution is 2.35. The van der Waals surface area contributed by atoms with Crippen LogP contribution in [0.3, 0.4) is 0 Å². The van der Waals surface area contributed by atoms with Crippen LogP contribution in [-0.2, 0) is 12.8 Å². The minimum Gasteiger partial charge on any atom is -0.292 e. The van der Waals surface area contributed by atoms with Crippen molar-refractivity contribution in [3.05, 3.63) is 52.4 Å². The molecule has 4 heteroatoms. The minimum atomic E-state index is -0.358. The lowest BCUT2D eigenvalue weighted by Gasteiger charge is -2.26. The molecule has 2 aliphatic carbocycles. The number of hydrogen-bond donors (Lipinski definition) is 1. The van der Waals surface area contributed by atoms with Gasteiger partial charge in [0.25, 0.3) is 0 Å². The number of carbonyl (C=O) groups excluding carboxylic acids is 1. The number of rotatable bonds is 6. The summed E-state index contributed by atoms with van der Waals surface area (Å²) in [5.74, 6) is 0.0438. The summed E-state index contributed by atoms with van der Waals surface area (Å²) in [6.07, 6.45) is 11.0. The molecule has 0 spiro atoms. The number of nitrogens with one attached hydrogen (secondary N) is 1. The van der Waals surface area contributed by atoms with E-state index in [0.717, 1.165) is 55.4 Å². The average Bonchev–Trinajstić information content (AvgIpc) is 3.03. The molecule has 2 aliphatic rings. The summed E-state index contributed by atoms with van der Waals surface area (Å²) in [5, 5.41) is 16.6. The molecule has 1 atom stereocenters. The molecule has 136 valence electrons. The van der Waals surface area contributed by atoms with Crippen molar-refractivity contribution >= 4 is 5.78 Å². The van der Waals surface area contributed by atoms with Crippen molar-refractivity contribution in [3.8, 4) is 6.07 Å². The second kappa shape index (κ2) is 7.45. The Labute approximate surface area is 155 Å². The summed E-state index contributed by atoms with van der Waals surface area (Å²) in [4.78, 5) is 12.7. The predicted octanol–water partition coefficient (Wildman–Crippen LogP) is 5.00. The highest BCUT2D eigenvalue weighted by molar-refractivity contribution is 5.97. The van der Waals surface area contributed by atoms with Crippen LogP contribution < -0.4 is 0 Å². The Morgan fingerprint density at radius 1 is 1.46 bits per heavy atom. The molecule has 0 amide bonds. The van der Waals surface area contributed by atoms with Gasteiger partial charge in [0.1, 0.15) is 5.69 Å². The average molecular weight is 349 g/mol. The van der Waals surface area contributed by atoms with Gasteiger partial charge >= 0.3 is 0 Å². The Kier molecular flexibility index (Phi) is 5.27. The van der Waals surface area contributed by atoms with Crippen LogP contribution in [0.4, 0.5) is 0 Å². The molecule has 0 radical (unpaired) electrons. The molecule has 0 fully saturated rings. The van der Waals surface area contributed by atoms with Gasteiger partial charge in [-0.3, -0.25) is 9.89 Å². The molecular weight excluding hydrogens is 322 g/mol. The molecule has 4 nitrogen and oxygen atoms in total. The van der Waals surface area contributed by atoms with E-state index in [9.17, 15) is 10.1 Å². The molecule has 1 aromatic heterocycles. The third-order valence-corrected chi connectivity index (χ3v) is 5.71. The van der Waals surface area contributed by atoms with E-state index in [0.29, 0.717) is 18.5 Å². The van der Waals surface area contributed by atoms with E-state index in [1.54, 1.807) is 0 Å². The minimum absolute atomic E-state index is 0.0438. The van der Waals surface area contributed by atoms with E-state index in [4.69, 9.17) is 0 Å². The summed E-state index contributed by atoms with van der Waals surface area (Å²) in [7, 11) is 0. The first kappa shape index (κ1) is 18.4. The van der Waals surface area contributed by atoms with Crippen molar-refractivity contribution in [2.45, 2.75) is 65.2 Å². The van der Waals surface area contributed by atoms with Gasteiger partial charge in [-0.25, -0.2) is 0 Å². The van der Waals surface area contributed by atoms with Gasteiger partial charge in [0, 0.05) is 24.1 Å². The van der Waals surface area contributed by atoms with Crippen molar-refractivity contribution < 1.29 is 4.79 Å². The fraction of sp³-hybridized carbons (Fsp3) is 0.500. The van der Waals surface area contributed by atoms with Crippen molar-refractivity contribution in [1.82, 2.24) is 10.2 Å². The first-order valence-corrected chi connectivity index (χ1v) is 9.44. The van der Waals surface area contributed by atoms with Crippen LogP contribution in [0.2, 0.25) is 0 Å². The molecule has 3 rings (SSSR count). The van der Waals surface area contributed by atoms with Gasteiger partial charge in [-0.15, -0.1) is 0 Å². The SMILES string of the molecule is C=C(CCC1=C(C)C=CCC1)CC(=O)c1n[nH]c2c1CCC(C)(C#N)C2. The van der Waals surface area contributed by atoms with Gasteiger partial charge in [0.05, 0.1) is 11.5 Å². The number of ketones is 1. The molecule has 1 aromatic rings. The van der Waals surface area contributed by atoms with Crippen molar-refractivity contribution in [1.29, 1.82) is 5.26 Å². The first-order chi connectivity index (χ1) is 12.4. The van der Waals surface area contributed by atoms with Crippen molar-refractivity contribution in [2.75, 3.05) is 0 Å². The third-order valence-electron chi connectivity index (χ3n) is 5.71. The fourth-order valence-corrected chi connectivity index (χ4v) is 3.90. The van der Waals surface area contributed by atoms with Crippen LogP contribution in [0.1, 0.15) is 74.1 Å². The molecule has 0 saturated carbocycles. The van der Waals surface area contributed by atoms with Gasteiger partial charge in [0.15, 0.2) is 5.78 Å². The molecule has 0 bridgehead atoms. The number of nitrogens with zero attached hydrogens (tertiary/aromatic N) is 2. The van der Waals surface area contributed by atoms with Crippen molar-refractivity contribution in [2.24, 2.45) is 5.41 Å². The van der Waals surface area contributed by atoms with E-state index < -0.39 is 0 Å². The summed E-state index contributed by atoms with van der Waals surface area (Å²) in [6.45, 7) is 8.25. The topological polar surface area (TPSA) is 69.5 Å². The number of H-pyrrole nitrogens is 1. The number of aromatic amines is 1. The van der Waals surface area contributed by atoms with Crippen LogP contribution in [0, 0.1) is 16.7 Å². The van der Waals surface area contributed by atoms with E-state index in [1.807, 2.05) is 6.92 Å². The highest BCUT2D eigenvalue weighted by atomic mass is 16.1. The number of aromatic nitrogens is 2. The number of carbonyl (C=O) groups is 1. The maximum Gasteiger partial charge on any atom is 0.187 e. The number of allylic oxidation sites excluding steroid dienone is 5. The van der Waals surface area contributed by atoms with Gasteiger partial charge in [-0.05, 0) is 52.4 Å². The lowest BCUT2D eigenvalue weighted by molar-refractivity contribution is 0.0986. The zero-order valence-electron chi connectivity index (χ0n) is 15.8. The number of fused-ring (bicyclic) bond motifs is 1. The molecule has 0 aromatic carbocycles. The highest BCUT2D eigenvalue weighted by Gasteiger charge is 2.33. The van der Waals surface area contributed by atoms with Gasteiger partial charge in [-0.1, -0.05) is 35.5 Å². The smallest absolute Gasteiger partial charge is 0.187 e. The molecule has 0 aliphatic heterocycles. The predicted molar refractivity (Wildman–Crippen MR) is 103 cm³/mol. The standard InChI is InChI=1S/C22H27N3O/c1-15(8-9-17-7-5-4-6-16(17)2)12-20(26)21-18-10-11-22(3,14-23)13-19(18)24-25-21/h4,6H,1,5,7-13H2,2-3H3,(H,24,25). The Hall–Kier alpha value is -2.41. The zero-order chi connectivity index (χ0) is 18.7. The number of nitriles is 1. The Bertz CT molecular complexity index is 834. The van der Waals surface area contributed by atoms with Crippen LogP contribution in [0.25, 0.3) is 0 Å². The third kappa shape index (κ3) is 3.88. The largest absolute Gasteiger partial charge is 0.292 e. The fourth-order valence-electron chi connectivity index (χ4n) is 3.90. The van der Waals surface area contributed by atoms with Crippen molar-refractivity contribution in [3.63, 3.8) is 0 Å². The van der Waals surface area contributed by atoms with Gasteiger partial charge in [-0.2, -0.15) is 10.4 Å². The molecule has 1 N–H and O–H groups in total. The summed E-state index contributed by atoms with van der Waals surface area (Å²) < 4.78 is 0. The molecular formula is C22H27N3O. The molecule has 0 saturated heterocycles. The molecule has 26 heavy (non-hydrogen) atoms. The lowest BCUT2D eigenvalue weighted by atomic mass is 9.75. The van der Waals surface area contributed by atoms with Gasteiger partial charge < -0.3 is 0 Å². The lowest BCUT2D eigenvalue weighted by Crippen LogP contribution is -2.24. The Morgan fingerprint density at radius 2 is 2.27 bits per heavy atom. The van der Waals surface area contributed by atoms with Crippen LogP contribution in [0.5, 0.6) is 0 Å². The molecule has 1 heterocycles. The maximum absolute atomic E-state index is 12.7. The second-order valence-electron chi connectivity index (χ2n) is 7.96. The Morgan fingerprint density at radius 3 is 3.00 bits per heavy atom. The maximum atomic E-state index is 12.7. The Balaban J connectivity index is 1.60. The quantitative estimate of drug-likeness (QED) is 0.580. The normalized spacial score (nSPS) is 22.0. The van der Waals surface area contributed by atoms with Crippen LogP contribution >= 0.6 is 0 Å². The monoisotopic (exact) mass is 349 g/mol. The second-order valence-corrected chi connectivity index (χ2v) is 7.96. The summed E-state index contributed by atoms with van der Waals surface area (Å²) in [6, 6.07) is 2.39.